The number of ether oxygens (including phenoxy) is 1. The normalized spacial score (nSPS) is 12.4. The smallest absolute Gasteiger partial charge is 0.165 e. The van der Waals surface area contributed by atoms with Crippen molar-refractivity contribution in [2.45, 2.75) is 12.5 Å². The van der Waals surface area contributed by atoms with Crippen LogP contribution in [0.15, 0.2) is 48.5 Å². The van der Waals surface area contributed by atoms with Crippen LogP contribution in [0.5, 0.6) is 5.75 Å². The Morgan fingerprint density at radius 1 is 1.17 bits per heavy atom. The van der Waals surface area contributed by atoms with Crippen molar-refractivity contribution in [3.8, 4) is 5.75 Å². The number of benzene rings is 2. The van der Waals surface area contributed by atoms with Gasteiger partial charge in [-0.1, -0.05) is 24.3 Å². The molecule has 1 atom stereocenters. The number of hydrogen-bond acceptors (Lipinski definition) is 5. The molecule has 1 heterocycles. The number of aromatic nitrogens is 1. The highest BCUT2D eigenvalue weighted by atomic mass is 32.1. The van der Waals surface area contributed by atoms with E-state index in [1.165, 1.54) is 10.8 Å². The van der Waals surface area contributed by atoms with E-state index in [9.17, 15) is 9.50 Å². The summed E-state index contributed by atoms with van der Waals surface area (Å²) >= 11 is 1.69. The van der Waals surface area contributed by atoms with Gasteiger partial charge in [-0.2, -0.15) is 0 Å². The van der Waals surface area contributed by atoms with Gasteiger partial charge in [-0.25, -0.2) is 9.37 Å². The van der Waals surface area contributed by atoms with E-state index in [2.05, 4.69) is 16.4 Å². The highest BCUT2D eigenvalue weighted by Gasteiger charge is 2.08. The lowest BCUT2D eigenvalue weighted by Crippen LogP contribution is -2.32. The molecule has 3 rings (SSSR count). The van der Waals surface area contributed by atoms with Crippen molar-refractivity contribution in [2.75, 3.05) is 19.7 Å². The molecule has 0 aliphatic heterocycles. The van der Waals surface area contributed by atoms with Gasteiger partial charge in [0.2, 0.25) is 0 Å². The van der Waals surface area contributed by atoms with E-state index in [0.717, 1.165) is 23.5 Å². The fourth-order valence-corrected chi connectivity index (χ4v) is 3.26. The molecule has 0 amide bonds. The number of thiazole rings is 1. The minimum absolute atomic E-state index is 0.0507. The fraction of sp³-hybridized carbons (Fsp3) is 0.278. The lowest BCUT2D eigenvalue weighted by molar-refractivity contribution is 0.104. The van der Waals surface area contributed by atoms with Gasteiger partial charge in [-0.05, 0) is 24.3 Å². The van der Waals surface area contributed by atoms with Crippen LogP contribution in [0.4, 0.5) is 4.39 Å². The van der Waals surface area contributed by atoms with Crippen LogP contribution in [0.1, 0.15) is 5.01 Å². The van der Waals surface area contributed by atoms with Gasteiger partial charge in [0, 0.05) is 19.5 Å². The van der Waals surface area contributed by atoms with Gasteiger partial charge < -0.3 is 15.2 Å². The van der Waals surface area contributed by atoms with Gasteiger partial charge >= 0.3 is 0 Å². The zero-order valence-corrected chi connectivity index (χ0v) is 13.9. The Hall–Kier alpha value is -2.02. The first-order valence-electron chi connectivity index (χ1n) is 7.83. The number of halogens is 1. The first-order chi connectivity index (χ1) is 11.7. The first-order valence-corrected chi connectivity index (χ1v) is 8.64. The van der Waals surface area contributed by atoms with Gasteiger partial charge in [0.1, 0.15) is 12.7 Å². The predicted octanol–water partition coefficient (Wildman–Crippen LogP) is 3.01. The SMILES string of the molecule is OC(CNCCc1nc2ccccc2s1)COc1ccccc1F. The summed E-state index contributed by atoms with van der Waals surface area (Å²) < 4.78 is 19.9. The van der Waals surface area contributed by atoms with Crippen LogP contribution in [0, 0.1) is 5.82 Å². The van der Waals surface area contributed by atoms with Crippen LogP contribution >= 0.6 is 11.3 Å². The molecule has 0 saturated carbocycles. The van der Waals surface area contributed by atoms with E-state index in [1.807, 2.05) is 18.2 Å². The maximum Gasteiger partial charge on any atom is 0.165 e. The van der Waals surface area contributed by atoms with Gasteiger partial charge in [0.15, 0.2) is 11.6 Å². The van der Waals surface area contributed by atoms with Crippen molar-refractivity contribution in [3.63, 3.8) is 0 Å². The number of rotatable bonds is 8. The molecule has 0 aliphatic rings. The quantitative estimate of drug-likeness (QED) is 0.616. The monoisotopic (exact) mass is 346 g/mol. The van der Waals surface area contributed by atoms with Crippen molar-refractivity contribution in [1.29, 1.82) is 0 Å². The largest absolute Gasteiger partial charge is 0.488 e. The van der Waals surface area contributed by atoms with Crippen molar-refractivity contribution >= 4 is 21.6 Å². The fourth-order valence-electron chi connectivity index (χ4n) is 2.30. The molecule has 6 heteroatoms. The van der Waals surface area contributed by atoms with Crippen LogP contribution in [0.3, 0.4) is 0 Å². The Balaban J connectivity index is 1.37. The second-order valence-electron chi connectivity index (χ2n) is 5.42. The lowest BCUT2D eigenvalue weighted by atomic mass is 10.3. The molecule has 3 aromatic rings. The zero-order valence-electron chi connectivity index (χ0n) is 13.1. The average molecular weight is 346 g/mol. The maximum atomic E-state index is 13.4. The molecule has 4 nitrogen and oxygen atoms in total. The molecule has 24 heavy (non-hydrogen) atoms. The summed E-state index contributed by atoms with van der Waals surface area (Å²) in [5.74, 6) is -0.264. The van der Waals surface area contributed by atoms with E-state index in [-0.39, 0.29) is 12.4 Å². The highest BCUT2D eigenvalue weighted by molar-refractivity contribution is 7.18. The molecule has 0 fully saturated rings. The van der Waals surface area contributed by atoms with Crippen molar-refractivity contribution in [1.82, 2.24) is 10.3 Å². The number of aliphatic hydroxyl groups is 1. The van der Waals surface area contributed by atoms with Gasteiger partial charge in [0.25, 0.3) is 0 Å². The molecule has 0 saturated heterocycles. The molecular formula is C18H19FN2O2S. The predicted molar refractivity (Wildman–Crippen MR) is 94.1 cm³/mol. The minimum atomic E-state index is -0.694. The summed E-state index contributed by atoms with van der Waals surface area (Å²) in [5, 5.41) is 14.1. The minimum Gasteiger partial charge on any atom is -0.488 e. The number of para-hydroxylation sites is 2. The number of fused-ring (bicyclic) bond motifs is 1. The van der Waals surface area contributed by atoms with Crippen LogP contribution in [0.2, 0.25) is 0 Å². The summed E-state index contributed by atoms with van der Waals surface area (Å²) in [5.41, 5.74) is 1.02. The van der Waals surface area contributed by atoms with E-state index in [4.69, 9.17) is 4.74 Å². The van der Waals surface area contributed by atoms with E-state index < -0.39 is 11.9 Å². The van der Waals surface area contributed by atoms with Crippen molar-refractivity contribution in [2.24, 2.45) is 0 Å². The summed E-state index contributed by atoms with van der Waals surface area (Å²) in [6, 6.07) is 14.2. The van der Waals surface area contributed by atoms with E-state index >= 15 is 0 Å². The summed E-state index contributed by atoms with van der Waals surface area (Å²) in [4.78, 5) is 4.56. The molecule has 0 spiro atoms. The Bertz CT molecular complexity index is 760. The molecule has 1 unspecified atom stereocenters. The summed E-state index contributed by atoms with van der Waals surface area (Å²) in [7, 11) is 0. The molecule has 2 N–H and O–H groups in total. The Morgan fingerprint density at radius 2 is 1.96 bits per heavy atom. The van der Waals surface area contributed by atoms with Crippen LogP contribution < -0.4 is 10.1 Å². The van der Waals surface area contributed by atoms with Crippen LogP contribution in [0.25, 0.3) is 10.2 Å². The average Bonchev–Trinajstić information content (AvgIpc) is 3.01. The Morgan fingerprint density at radius 3 is 2.79 bits per heavy atom. The second kappa shape index (κ2) is 8.19. The zero-order chi connectivity index (χ0) is 16.8. The lowest BCUT2D eigenvalue weighted by Gasteiger charge is -2.13. The van der Waals surface area contributed by atoms with Crippen LogP contribution in [-0.4, -0.2) is 35.9 Å². The Kier molecular flexibility index (Phi) is 5.74. The summed E-state index contributed by atoms with van der Waals surface area (Å²) in [6.07, 6.45) is 0.111. The van der Waals surface area contributed by atoms with Gasteiger partial charge in [-0.3, -0.25) is 0 Å². The molecule has 0 aliphatic carbocycles. The molecule has 0 bridgehead atoms. The molecular weight excluding hydrogens is 327 g/mol. The third-order valence-corrected chi connectivity index (χ3v) is 4.60. The molecule has 0 radical (unpaired) electrons. The van der Waals surface area contributed by atoms with E-state index in [1.54, 1.807) is 29.5 Å². The second-order valence-corrected chi connectivity index (χ2v) is 6.54. The Labute approximate surface area is 143 Å². The van der Waals surface area contributed by atoms with Crippen molar-refractivity contribution in [3.05, 3.63) is 59.4 Å². The van der Waals surface area contributed by atoms with Gasteiger partial charge in [-0.15, -0.1) is 11.3 Å². The molecule has 1 aromatic heterocycles. The summed E-state index contributed by atoms with van der Waals surface area (Å²) in [6.45, 7) is 1.16. The highest BCUT2D eigenvalue weighted by Crippen LogP contribution is 2.21. The molecule has 126 valence electrons. The molecule has 2 aromatic carbocycles. The standard InChI is InChI=1S/C18H19FN2O2S/c19-14-5-1-3-7-16(14)23-12-13(22)11-20-10-9-18-21-15-6-2-4-8-17(15)24-18/h1-8,13,20,22H,9-12H2. The van der Waals surface area contributed by atoms with Gasteiger partial charge in [0.05, 0.1) is 15.2 Å². The maximum absolute atomic E-state index is 13.4. The van der Waals surface area contributed by atoms with Crippen molar-refractivity contribution < 1.29 is 14.2 Å². The van der Waals surface area contributed by atoms with Crippen LogP contribution in [-0.2, 0) is 6.42 Å². The van der Waals surface area contributed by atoms with E-state index in [0.29, 0.717) is 6.54 Å². The number of nitrogens with one attached hydrogen (secondary N) is 1. The topological polar surface area (TPSA) is 54.4 Å². The third kappa shape index (κ3) is 4.50. The third-order valence-electron chi connectivity index (χ3n) is 3.50. The number of nitrogens with zero attached hydrogens (tertiary/aromatic N) is 1. The number of hydrogen-bond donors (Lipinski definition) is 2. The number of aliphatic hydroxyl groups excluding tert-OH is 1. The first kappa shape index (κ1) is 16.8.